The molecule has 2 aromatic rings. The van der Waals surface area contributed by atoms with E-state index in [4.69, 9.17) is 5.11 Å². The Morgan fingerprint density at radius 1 is 1.43 bits per heavy atom. The summed E-state index contributed by atoms with van der Waals surface area (Å²) in [6, 6.07) is 4.88. The smallest absolute Gasteiger partial charge is 0.337 e. The quantitative estimate of drug-likeness (QED) is 0.795. The van der Waals surface area contributed by atoms with Crippen LogP contribution in [0.15, 0.2) is 18.2 Å². The molecule has 0 aliphatic heterocycles. The van der Waals surface area contributed by atoms with Crippen LogP contribution in [0.5, 0.6) is 5.06 Å². The van der Waals surface area contributed by atoms with Crippen molar-refractivity contribution < 1.29 is 15.0 Å². The predicted octanol–water partition coefficient (Wildman–Crippen LogP) is 2.91. The van der Waals surface area contributed by atoms with E-state index in [0.717, 1.165) is 20.3 Å². The second-order valence-corrected chi connectivity index (χ2v) is 4.92. The number of aromatic carboxylic acids is 1. The van der Waals surface area contributed by atoms with Crippen LogP contribution in [0.3, 0.4) is 0 Å². The molecule has 1 aromatic carbocycles. The first-order chi connectivity index (χ1) is 6.59. The summed E-state index contributed by atoms with van der Waals surface area (Å²) in [5.41, 5.74) is 0.241. The van der Waals surface area contributed by atoms with Gasteiger partial charge in [0.1, 0.15) is 0 Å². The fraction of sp³-hybridized carbons (Fsp3) is 0. The van der Waals surface area contributed by atoms with Crippen LogP contribution in [-0.2, 0) is 0 Å². The molecule has 0 saturated carbocycles. The van der Waals surface area contributed by atoms with Crippen LogP contribution in [-0.4, -0.2) is 16.2 Å². The molecule has 1 aromatic heterocycles. The minimum Gasteiger partial charge on any atom is -0.499 e. The Morgan fingerprint density at radius 3 is 2.79 bits per heavy atom. The number of hydrogen-bond acceptors (Lipinski definition) is 3. The fourth-order valence-electron chi connectivity index (χ4n) is 1.25. The molecule has 0 atom stereocenters. The largest absolute Gasteiger partial charge is 0.499 e. The number of carboxylic acid groups (broad SMARTS) is 1. The van der Waals surface area contributed by atoms with E-state index < -0.39 is 5.97 Å². The van der Waals surface area contributed by atoms with Crippen LogP contribution >= 0.6 is 33.9 Å². The third kappa shape index (κ3) is 1.46. The lowest BCUT2D eigenvalue weighted by atomic mass is 10.2. The number of aromatic hydroxyl groups is 1. The number of hydrogen-bond donors (Lipinski definition) is 2. The van der Waals surface area contributed by atoms with Gasteiger partial charge in [0.15, 0.2) is 5.06 Å². The lowest BCUT2D eigenvalue weighted by molar-refractivity contribution is 0.0699. The summed E-state index contributed by atoms with van der Waals surface area (Å²) in [7, 11) is 0. The molecule has 5 heteroatoms. The van der Waals surface area contributed by atoms with Gasteiger partial charge in [0, 0.05) is 15.0 Å². The van der Waals surface area contributed by atoms with Crippen LogP contribution in [0, 0.1) is 3.57 Å². The monoisotopic (exact) mass is 320 g/mol. The first-order valence-corrected chi connectivity index (χ1v) is 5.63. The number of carboxylic acids is 1. The Kier molecular flexibility index (Phi) is 2.36. The summed E-state index contributed by atoms with van der Waals surface area (Å²) in [6.45, 7) is 0. The standard InChI is InChI=1S/C9H5IO3S/c10-6-2-1-4(9(12)13)8-5(6)3-7(11)14-8/h1-3,11H,(H,12,13). The van der Waals surface area contributed by atoms with Crippen molar-refractivity contribution in [1.82, 2.24) is 0 Å². The van der Waals surface area contributed by atoms with E-state index in [1.165, 1.54) is 0 Å². The highest BCUT2D eigenvalue weighted by Crippen LogP contribution is 2.35. The SMILES string of the molecule is O=C(O)c1ccc(I)c2cc(O)sc12. The van der Waals surface area contributed by atoms with Crippen LogP contribution in [0.2, 0.25) is 0 Å². The molecule has 0 fully saturated rings. The zero-order valence-electron chi connectivity index (χ0n) is 6.82. The molecule has 0 aliphatic carbocycles. The van der Waals surface area contributed by atoms with E-state index in [-0.39, 0.29) is 10.6 Å². The highest BCUT2D eigenvalue weighted by Gasteiger charge is 2.13. The van der Waals surface area contributed by atoms with E-state index in [1.54, 1.807) is 18.2 Å². The van der Waals surface area contributed by atoms with Crippen molar-refractivity contribution in [3.63, 3.8) is 0 Å². The van der Waals surface area contributed by atoms with Crippen LogP contribution < -0.4 is 0 Å². The summed E-state index contributed by atoms with van der Waals surface area (Å²) in [4.78, 5) is 10.9. The normalized spacial score (nSPS) is 10.6. The molecule has 2 N–H and O–H groups in total. The number of benzene rings is 1. The first-order valence-electron chi connectivity index (χ1n) is 3.74. The number of halogens is 1. The van der Waals surface area contributed by atoms with Crippen LogP contribution in [0.1, 0.15) is 10.4 Å². The van der Waals surface area contributed by atoms with Crippen molar-refractivity contribution in [3.05, 3.63) is 27.3 Å². The second kappa shape index (κ2) is 3.39. The van der Waals surface area contributed by atoms with Crippen molar-refractivity contribution in [1.29, 1.82) is 0 Å². The van der Waals surface area contributed by atoms with Gasteiger partial charge in [0.05, 0.1) is 10.3 Å². The van der Waals surface area contributed by atoms with Gasteiger partial charge in [-0.05, 0) is 34.7 Å². The van der Waals surface area contributed by atoms with Crippen LogP contribution in [0.25, 0.3) is 10.1 Å². The first kappa shape index (κ1) is 9.72. The van der Waals surface area contributed by atoms with Gasteiger partial charge >= 0.3 is 5.97 Å². The van der Waals surface area contributed by atoms with E-state index in [1.807, 2.05) is 0 Å². The van der Waals surface area contributed by atoms with Gasteiger partial charge in [-0.1, -0.05) is 11.3 Å². The highest BCUT2D eigenvalue weighted by molar-refractivity contribution is 14.1. The lowest BCUT2D eigenvalue weighted by Gasteiger charge is -1.97. The average Bonchev–Trinajstić information content (AvgIpc) is 2.47. The van der Waals surface area contributed by atoms with Gasteiger partial charge in [-0.2, -0.15) is 0 Å². The van der Waals surface area contributed by atoms with Crippen molar-refractivity contribution in [3.8, 4) is 5.06 Å². The Labute approximate surface area is 97.1 Å². The molecule has 0 radical (unpaired) electrons. The van der Waals surface area contributed by atoms with E-state index in [9.17, 15) is 9.90 Å². The predicted molar refractivity (Wildman–Crippen MR) is 63.2 cm³/mol. The van der Waals surface area contributed by atoms with Gasteiger partial charge in [-0.3, -0.25) is 0 Å². The molecular weight excluding hydrogens is 315 g/mol. The molecule has 72 valence electrons. The number of carbonyl (C=O) groups is 1. The Balaban J connectivity index is 2.87. The minimum atomic E-state index is -0.965. The molecule has 2 rings (SSSR count). The third-order valence-corrected chi connectivity index (χ3v) is 3.76. The van der Waals surface area contributed by atoms with Gasteiger partial charge in [0.25, 0.3) is 0 Å². The van der Waals surface area contributed by atoms with Crippen molar-refractivity contribution in [2.75, 3.05) is 0 Å². The van der Waals surface area contributed by atoms with Crippen molar-refractivity contribution in [2.24, 2.45) is 0 Å². The van der Waals surface area contributed by atoms with Gasteiger partial charge < -0.3 is 10.2 Å². The third-order valence-electron chi connectivity index (χ3n) is 1.85. The molecule has 0 aliphatic rings. The lowest BCUT2D eigenvalue weighted by Crippen LogP contribution is -1.95. The van der Waals surface area contributed by atoms with Gasteiger partial charge in [-0.25, -0.2) is 4.79 Å². The van der Waals surface area contributed by atoms with Crippen LogP contribution in [0.4, 0.5) is 0 Å². The molecule has 0 spiro atoms. The number of fused-ring (bicyclic) bond motifs is 1. The number of rotatable bonds is 1. The summed E-state index contributed by atoms with van der Waals surface area (Å²) in [5, 5.41) is 19.2. The number of thiophene rings is 1. The summed E-state index contributed by atoms with van der Waals surface area (Å²) >= 11 is 3.21. The maximum absolute atomic E-state index is 10.9. The molecule has 0 saturated heterocycles. The van der Waals surface area contributed by atoms with Gasteiger partial charge in [-0.15, -0.1) is 0 Å². The molecule has 3 nitrogen and oxygen atoms in total. The molecular formula is C9H5IO3S. The second-order valence-electron chi connectivity index (χ2n) is 2.73. The summed E-state index contributed by atoms with van der Waals surface area (Å²) in [6.07, 6.45) is 0. The Hall–Kier alpha value is -0.820. The maximum Gasteiger partial charge on any atom is 0.337 e. The zero-order valence-corrected chi connectivity index (χ0v) is 9.79. The Morgan fingerprint density at radius 2 is 2.14 bits per heavy atom. The molecule has 0 unspecified atom stereocenters. The van der Waals surface area contributed by atoms with E-state index in [2.05, 4.69) is 22.6 Å². The molecule has 14 heavy (non-hydrogen) atoms. The van der Waals surface area contributed by atoms with Crippen molar-refractivity contribution in [2.45, 2.75) is 0 Å². The van der Waals surface area contributed by atoms with Gasteiger partial charge in [0.2, 0.25) is 0 Å². The highest BCUT2D eigenvalue weighted by atomic mass is 127. The molecule has 0 bridgehead atoms. The topological polar surface area (TPSA) is 57.5 Å². The Bertz CT molecular complexity index is 518. The summed E-state index contributed by atoms with van der Waals surface area (Å²) < 4.78 is 1.57. The fourth-order valence-corrected chi connectivity index (χ4v) is 2.96. The van der Waals surface area contributed by atoms with E-state index in [0.29, 0.717) is 4.70 Å². The maximum atomic E-state index is 10.9. The zero-order chi connectivity index (χ0) is 10.3. The molecule has 1 heterocycles. The molecule has 0 amide bonds. The van der Waals surface area contributed by atoms with E-state index >= 15 is 0 Å². The summed E-state index contributed by atoms with van der Waals surface area (Å²) in [5.74, 6) is -0.965. The van der Waals surface area contributed by atoms with Crippen molar-refractivity contribution >= 4 is 50.0 Å². The average molecular weight is 320 g/mol. The minimum absolute atomic E-state index is 0.145.